The van der Waals surface area contributed by atoms with Gasteiger partial charge in [-0.3, -0.25) is 4.79 Å². The summed E-state index contributed by atoms with van der Waals surface area (Å²) in [4.78, 5) is 10.8. The fourth-order valence-electron chi connectivity index (χ4n) is 2.28. The number of rotatable bonds is 6. The van der Waals surface area contributed by atoms with Crippen molar-refractivity contribution in [2.75, 3.05) is 14.2 Å². The number of aliphatic hydroxyl groups excluding tert-OH is 1. The summed E-state index contributed by atoms with van der Waals surface area (Å²) in [6, 6.07) is 3.14. The molecular weight excluding hydrogens is 246 g/mol. The Labute approximate surface area is 113 Å². The van der Waals surface area contributed by atoms with Crippen molar-refractivity contribution >= 4 is 5.97 Å². The number of methoxy groups -OCH3 is 1. The molecule has 0 saturated carbocycles. The second-order valence-electron chi connectivity index (χ2n) is 4.61. The van der Waals surface area contributed by atoms with Gasteiger partial charge in [0, 0.05) is 6.04 Å². The molecule has 0 amide bonds. The molecule has 0 aliphatic carbocycles. The van der Waals surface area contributed by atoms with Crippen LogP contribution in [0, 0.1) is 13.8 Å². The monoisotopic (exact) mass is 267 g/mol. The third kappa shape index (κ3) is 3.68. The maximum absolute atomic E-state index is 10.8. The number of aliphatic carboxylic acids is 1. The maximum Gasteiger partial charge on any atom is 0.305 e. The molecule has 19 heavy (non-hydrogen) atoms. The highest BCUT2D eigenvalue weighted by molar-refractivity contribution is 5.67. The SMILES string of the molecule is CNC(CC(=O)O)C(O)c1c(C)cc(OC)cc1C. The normalized spacial score (nSPS) is 13.9. The molecule has 106 valence electrons. The lowest BCUT2D eigenvalue weighted by atomic mass is 9.92. The maximum atomic E-state index is 10.8. The van der Waals surface area contributed by atoms with Gasteiger partial charge in [0.1, 0.15) is 5.75 Å². The van der Waals surface area contributed by atoms with E-state index in [0.29, 0.717) is 0 Å². The summed E-state index contributed by atoms with van der Waals surface area (Å²) in [5, 5.41) is 22.1. The Balaban J connectivity index is 3.10. The van der Waals surface area contributed by atoms with Crippen LogP contribution in [0.15, 0.2) is 12.1 Å². The minimum absolute atomic E-state index is 0.136. The van der Waals surface area contributed by atoms with Crippen molar-refractivity contribution < 1.29 is 19.7 Å². The van der Waals surface area contributed by atoms with Crippen molar-refractivity contribution in [1.82, 2.24) is 5.32 Å². The Morgan fingerprint density at radius 3 is 2.26 bits per heavy atom. The molecule has 0 aliphatic heterocycles. The number of carboxylic acid groups (broad SMARTS) is 1. The first-order valence-corrected chi connectivity index (χ1v) is 6.13. The number of nitrogens with one attached hydrogen (secondary N) is 1. The number of benzene rings is 1. The third-order valence-corrected chi connectivity index (χ3v) is 3.25. The number of aryl methyl sites for hydroxylation is 2. The van der Waals surface area contributed by atoms with E-state index < -0.39 is 18.1 Å². The summed E-state index contributed by atoms with van der Waals surface area (Å²) in [6.07, 6.45) is -1.00. The molecule has 3 N–H and O–H groups in total. The molecule has 1 rings (SSSR count). The Hall–Kier alpha value is -1.59. The van der Waals surface area contributed by atoms with Gasteiger partial charge < -0.3 is 20.3 Å². The van der Waals surface area contributed by atoms with E-state index in [1.165, 1.54) is 0 Å². The van der Waals surface area contributed by atoms with E-state index in [2.05, 4.69) is 5.32 Å². The number of carboxylic acids is 1. The lowest BCUT2D eigenvalue weighted by Gasteiger charge is -2.24. The largest absolute Gasteiger partial charge is 0.497 e. The van der Waals surface area contributed by atoms with Crippen molar-refractivity contribution in [2.24, 2.45) is 0 Å². The first-order valence-electron chi connectivity index (χ1n) is 6.13. The molecular formula is C14H21NO4. The molecule has 0 heterocycles. The van der Waals surface area contributed by atoms with Gasteiger partial charge in [0.25, 0.3) is 0 Å². The molecule has 0 aliphatic rings. The zero-order valence-corrected chi connectivity index (χ0v) is 11.7. The topological polar surface area (TPSA) is 78.8 Å². The van der Waals surface area contributed by atoms with Crippen LogP contribution in [0.4, 0.5) is 0 Å². The zero-order chi connectivity index (χ0) is 14.6. The van der Waals surface area contributed by atoms with Gasteiger partial charge in [0.05, 0.1) is 19.6 Å². The molecule has 0 saturated heterocycles. The molecule has 1 aromatic rings. The van der Waals surface area contributed by atoms with Gasteiger partial charge >= 0.3 is 5.97 Å². The van der Waals surface area contributed by atoms with Crippen LogP contribution in [0.25, 0.3) is 0 Å². The summed E-state index contributed by atoms with van der Waals surface area (Å²) in [5.74, 6) is -0.215. The predicted molar refractivity (Wildman–Crippen MR) is 72.5 cm³/mol. The fraction of sp³-hybridized carbons (Fsp3) is 0.500. The highest BCUT2D eigenvalue weighted by atomic mass is 16.5. The minimum Gasteiger partial charge on any atom is -0.497 e. The number of ether oxygens (including phenoxy) is 1. The molecule has 0 spiro atoms. The van der Waals surface area contributed by atoms with Gasteiger partial charge in [-0.2, -0.15) is 0 Å². The van der Waals surface area contributed by atoms with E-state index in [0.717, 1.165) is 22.4 Å². The van der Waals surface area contributed by atoms with Crippen LogP contribution >= 0.6 is 0 Å². The number of hydrogen-bond acceptors (Lipinski definition) is 4. The number of carbonyl (C=O) groups is 1. The van der Waals surface area contributed by atoms with Crippen LogP contribution in [-0.4, -0.2) is 36.4 Å². The molecule has 2 atom stereocenters. The Bertz CT molecular complexity index is 436. The lowest BCUT2D eigenvalue weighted by Crippen LogP contribution is -2.35. The van der Waals surface area contributed by atoms with Crippen LogP contribution in [0.2, 0.25) is 0 Å². The van der Waals surface area contributed by atoms with Gasteiger partial charge in [-0.05, 0) is 49.7 Å². The summed E-state index contributed by atoms with van der Waals surface area (Å²) in [6.45, 7) is 3.75. The van der Waals surface area contributed by atoms with Gasteiger partial charge in [-0.1, -0.05) is 0 Å². The summed E-state index contributed by atoms with van der Waals surface area (Å²) < 4.78 is 5.17. The van der Waals surface area contributed by atoms with Crippen LogP contribution < -0.4 is 10.1 Å². The van der Waals surface area contributed by atoms with Crippen molar-refractivity contribution in [2.45, 2.75) is 32.4 Å². The average Bonchev–Trinajstić information content (AvgIpc) is 2.34. The number of likely N-dealkylation sites (N-methyl/N-ethyl adjacent to an activating group) is 1. The number of hydrogen-bond donors (Lipinski definition) is 3. The quantitative estimate of drug-likeness (QED) is 0.726. The second kappa shape index (κ2) is 6.54. The van der Waals surface area contributed by atoms with Gasteiger partial charge in [-0.25, -0.2) is 0 Å². The summed E-state index contributed by atoms with van der Waals surface area (Å²) in [7, 11) is 3.23. The van der Waals surface area contributed by atoms with Crippen molar-refractivity contribution in [3.8, 4) is 5.75 Å². The molecule has 5 nitrogen and oxygen atoms in total. The number of aliphatic hydroxyl groups is 1. The predicted octanol–water partition coefficient (Wildman–Crippen LogP) is 1.41. The first kappa shape index (κ1) is 15.5. The lowest BCUT2D eigenvalue weighted by molar-refractivity contribution is -0.138. The van der Waals surface area contributed by atoms with E-state index in [-0.39, 0.29) is 6.42 Å². The highest BCUT2D eigenvalue weighted by Crippen LogP contribution is 2.29. The van der Waals surface area contributed by atoms with Crippen molar-refractivity contribution in [3.63, 3.8) is 0 Å². The van der Waals surface area contributed by atoms with Gasteiger partial charge in [0.15, 0.2) is 0 Å². The molecule has 5 heteroatoms. The fourth-order valence-corrected chi connectivity index (χ4v) is 2.28. The highest BCUT2D eigenvalue weighted by Gasteiger charge is 2.25. The third-order valence-electron chi connectivity index (χ3n) is 3.25. The molecule has 0 radical (unpaired) electrons. The summed E-state index contributed by atoms with van der Waals surface area (Å²) in [5.41, 5.74) is 2.52. The molecule has 0 bridgehead atoms. The molecule has 2 unspecified atom stereocenters. The van der Waals surface area contributed by atoms with E-state index in [4.69, 9.17) is 9.84 Å². The molecule has 0 aromatic heterocycles. The van der Waals surface area contributed by atoms with E-state index >= 15 is 0 Å². The van der Waals surface area contributed by atoms with Gasteiger partial charge in [0.2, 0.25) is 0 Å². The van der Waals surface area contributed by atoms with Crippen LogP contribution in [0.5, 0.6) is 5.75 Å². The smallest absolute Gasteiger partial charge is 0.305 e. The van der Waals surface area contributed by atoms with Gasteiger partial charge in [-0.15, -0.1) is 0 Å². The summed E-state index contributed by atoms with van der Waals surface area (Å²) >= 11 is 0. The standard InChI is InChI=1S/C14H21NO4/c1-8-5-10(19-4)6-9(2)13(8)14(18)11(15-3)7-12(16)17/h5-6,11,14-15,18H,7H2,1-4H3,(H,16,17). The van der Waals surface area contributed by atoms with Crippen molar-refractivity contribution in [1.29, 1.82) is 0 Å². The Morgan fingerprint density at radius 2 is 1.89 bits per heavy atom. The van der Waals surface area contributed by atoms with E-state index in [9.17, 15) is 9.90 Å². The van der Waals surface area contributed by atoms with Crippen molar-refractivity contribution in [3.05, 3.63) is 28.8 Å². The average molecular weight is 267 g/mol. The van der Waals surface area contributed by atoms with Crippen LogP contribution in [-0.2, 0) is 4.79 Å². The van der Waals surface area contributed by atoms with E-state index in [1.807, 2.05) is 26.0 Å². The van der Waals surface area contributed by atoms with Crippen LogP contribution in [0.3, 0.4) is 0 Å². The molecule has 1 aromatic carbocycles. The Morgan fingerprint density at radius 1 is 1.37 bits per heavy atom. The minimum atomic E-state index is -0.942. The first-order chi connectivity index (χ1) is 8.90. The Kier molecular flexibility index (Phi) is 5.32. The van der Waals surface area contributed by atoms with E-state index in [1.54, 1.807) is 14.2 Å². The molecule has 0 fully saturated rings. The zero-order valence-electron chi connectivity index (χ0n) is 11.7. The second-order valence-corrected chi connectivity index (χ2v) is 4.61. The van der Waals surface area contributed by atoms with Crippen LogP contribution in [0.1, 0.15) is 29.2 Å².